The SMILES string of the molecule is CCCNCc1cc(Cl)ccc1N(C)CC(C)C. The monoisotopic (exact) mass is 268 g/mol. The quantitative estimate of drug-likeness (QED) is 0.754. The first-order valence-electron chi connectivity index (χ1n) is 6.74. The van der Waals surface area contributed by atoms with Gasteiger partial charge in [0.15, 0.2) is 0 Å². The lowest BCUT2D eigenvalue weighted by Crippen LogP contribution is -2.25. The molecular formula is C15H25ClN2. The number of hydrogen-bond donors (Lipinski definition) is 1. The van der Waals surface area contributed by atoms with E-state index in [-0.39, 0.29) is 0 Å². The molecule has 0 unspecified atom stereocenters. The van der Waals surface area contributed by atoms with Crippen molar-refractivity contribution in [2.45, 2.75) is 33.7 Å². The van der Waals surface area contributed by atoms with Crippen molar-refractivity contribution in [1.29, 1.82) is 0 Å². The van der Waals surface area contributed by atoms with E-state index in [0.29, 0.717) is 5.92 Å². The smallest absolute Gasteiger partial charge is 0.0410 e. The highest BCUT2D eigenvalue weighted by molar-refractivity contribution is 6.30. The molecule has 0 aromatic heterocycles. The fourth-order valence-corrected chi connectivity index (χ4v) is 2.31. The van der Waals surface area contributed by atoms with E-state index in [2.05, 4.69) is 50.2 Å². The summed E-state index contributed by atoms with van der Waals surface area (Å²) in [6.45, 7) is 9.63. The van der Waals surface area contributed by atoms with E-state index in [1.54, 1.807) is 0 Å². The number of anilines is 1. The second kappa shape index (κ2) is 7.65. The van der Waals surface area contributed by atoms with Crippen LogP contribution in [0.2, 0.25) is 5.02 Å². The van der Waals surface area contributed by atoms with Gasteiger partial charge in [0, 0.05) is 30.8 Å². The summed E-state index contributed by atoms with van der Waals surface area (Å²) < 4.78 is 0. The van der Waals surface area contributed by atoms with Crippen LogP contribution in [0.15, 0.2) is 18.2 Å². The summed E-state index contributed by atoms with van der Waals surface area (Å²) >= 11 is 6.09. The number of nitrogens with zero attached hydrogens (tertiary/aromatic N) is 1. The maximum atomic E-state index is 6.09. The Balaban J connectivity index is 2.81. The van der Waals surface area contributed by atoms with Gasteiger partial charge in [0.25, 0.3) is 0 Å². The van der Waals surface area contributed by atoms with Crippen LogP contribution in [0, 0.1) is 5.92 Å². The molecule has 0 aliphatic carbocycles. The molecule has 1 aromatic rings. The van der Waals surface area contributed by atoms with Crippen LogP contribution >= 0.6 is 11.6 Å². The average molecular weight is 269 g/mol. The van der Waals surface area contributed by atoms with E-state index in [1.165, 1.54) is 11.3 Å². The van der Waals surface area contributed by atoms with Crippen LogP contribution in [0.3, 0.4) is 0 Å². The van der Waals surface area contributed by atoms with Gasteiger partial charge in [0.1, 0.15) is 0 Å². The Bertz CT molecular complexity index is 364. The van der Waals surface area contributed by atoms with Crippen LogP contribution in [-0.4, -0.2) is 20.1 Å². The van der Waals surface area contributed by atoms with E-state index in [1.807, 2.05) is 6.07 Å². The number of halogens is 1. The lowest BCUT2D eigenvalue weighted by molar-refractivity contribution is 0.632. The van der Waals surface area contributed by atoms with Gasteiger partial charge in [0.05, 0.1) is 0 Å². The molecular weight excluding hydrogens is 244 g/mol. The van der Waals surface area contributed by atoms with Gasteiger partial charge in [-0.2, -0.15) is 0 Å². The largest absolute Gasteiger partial charge is 0.374 e. The number of rotatable bonds is 7. The number of nitrogens with one attached hydrogen (secondary N) is 1. The Hall–Kier alpha value is -0.730. The van der Waals surface area contributed by atoms with Crippen molar-refractivity contribution in [1.82, 2.24) is 5.32 Å². The van der Waals surface area contributed by atoms with Crippen molar-refractivity contribution in [3.8, 4) is 0 Å². The van der Waals surface area contributed by atoms with Gasteiger partial charge in [-0.25, -0.2) is 0 Å². The van der Waals surface area contributed by atoms with Gasteiger partial charge < -0.3 is 10.2 Å². The predicted octanol–water partition coefficient (Wildman–Crippen LogP) is 3.93. The van der Waals surface area contributed by atoms with Crippen molar-refractivity contribution in [2.75, 3.05) is 25.0 Å². The summed E-state index contributed by atoms with van der Waals surface area (Å²) in [5.74, 6) is 0.655. The lowest BCUT2D eigenvalue weighted by atomic mass is 10.1. The highest BCUT2D eigenvalue weighted by Crippen LogP contribution is 2.24. The molecule has 18 heavy (non-hydrogen) atoms. The highest BCUT2D eigenvalue weighted by Gasteiger charge is 2.09. The molecule has 0 spiro atoms. The molecule has 0 radical (unpaired) electrons. The Labute approximate surface area is 116 Å². The Kier molecular flexibility index (Phi) is 6.51. The van der Waals surface area contributed by atoms with E-state index in [0.717, 1.165) is 31.1 Å². The van der Waals surface area contributed by atoms with E-state index < -0.39 is 0 Å². The van der Waals surface area contributed by atoms with Gasteiger partial charge in [-0.1, -0.05) is 32.4 Å². The molecule has 102 valence electrons. The Morgan fingerprint density at radius 3 is 2.67 bits per heavy atom. The fourth-order valence-electron chi connectivity index (χ4n) is 2.11. The normalized spacial score (nSPS) is 11.0. The summed E-state index contributed by atoms with van der Waals surface area (Å²) in [5, 5.41) is 4.25. The standard InChI is InChI=1S/C15H25ClN2/c1-5-8-17-10-13-9-14(16)6-7-15(13)18(4)11-12(2)3/h6-7,9,12,17H,5,8,10-11H2,1-4H3. The van der Waals surface area contributed by atoms with Crippen molar-refractivity contribution in [2.24, 2.45) is 5.92 Å². The van der Waals surface area contributed by atoms with Crippen LogP contribution in [0.5, 0.6) is 0 Å². The number of benzene rings is 1. The molecule has 2 nitrogen and oxygen atoms in total. The molecule has 0 heterocycles. The van der Waals surface area contributed by atoms with Crippen LogP contribution < -0.4 is 10.2 Å². The first kappa shape index (κ1) is 15.3. The predicted molar refractivity (Wildman–Crippen MR) is 81.6 cm³/mol. The maximum Gasteiger partial charge on any atom is 0.0410 e. The molecule has 0 amide bonds. The van der Waals surface area contributed by atoms with Crippen molar-refractivity contribution in [3.63, 3.8) is 0 Å². The second-order valence-electron chi connectivity index (χ2n) is 5.22. The highest BCUT2D eigenvalue weighted by atomic mass is 35.5. The molecule has 0 saturated heterocycles. The molecule has 1 aromatic carbocycles. The zero-order chi connectivity index (χ0) is 13.5. The van der Waals surface area contributed by atoms with E-state index in [4.69, 9.17) is 11.6 Å². The first-order valence-corrected chi connectivity index (χ1v) is 7.12. The van der Waals surface area contributed by atoms with Crippen LogP contribution in [0.25, 0.3) is 0 Å². The van der Waals surface area contributed by atoms with E-state index in [9.17, 15) is 0 Å². The van der Waals surface area contributed by atoms with Gasteiger partial charge in [-0.15, -0.1) is 0 Å². The molecule has 0 saturated carbocycles. The summed E-state index contributed by atoms with van der Waals surface area (Å²) in [6.07, 6.45) is 1.15. The fraction of sp³-hybridized carbons (Fsp3) is 0.600. The number of hydrogen-bond acceptors (Lipinski definition) is 2. The minimum absolute atomic E-state index is 0.655. The van der Waals surface area contributed by atoms with E-state index >= 15 is 0 Å². The molecule has 0 fully saturated rings. The molecule has 1 rings (SSSR count). The minimum atomic E-state index is 0.655. The molecule has 1 N–H and O–H groups in total. The summed E-state index contributed by atoms with van der Waals surface area (Å²) in [6, 6.07) is 6.15. The van der Waals surface area contributed by atoms with Gasteiger partial charge in [0.2, 0.25) is 0 Å². The molecule has 0 aliphatic rings. The van der Waals surface area contributed by atoms with Crippen LogP contribution in [0.1, 0.15) is 32.8 Å². The lowest BCUT2D eigenvalue weighted by Gasteiger charge is -2.24. The summed E-state index contributed by atoms with van der Waals surface area (Å²) in [7, 11) is 2.15. The van der Waals surface area contributed by atoms with Crippen molar-refractivity contribution in [3.05, 3.63) is 28.8 Å². The molecule has 0 aliphatic heterocycles. The van der Waals surface area contributed by atoms with Crippen LogP contribution in [-0.2, 0) is 6.54 Å². The zero-order valence-electron chi connectivity index (χ0n) is 12.0. The molecule has 3 heteroatoms. The van der Waals surface area contributed by atoms with Crippen molar-refractivity contribution < 1.29 is 0 Å². The van der Waals surface area contributed by atoms with Gasteiger partial charge >= 0.3 is 0 Å². The summed E-state index contributed by atoms with van der Waals surface area (Å²) in [4.78, 5) is 2.31. The van der Waals surface area contributed by atoms with Gasteiger partial charge in [-0.05, 0) is 42.6 Å². The Morgan fingerprint density at radius 1 is 1.33 bits per heavy atom. The van der Waals surface area contributed by atoms with Crippen LogP contribution in [0.4, 0.5) is 5.69 Å². The second-order valence-corrected chi connectivity index (χ2v) is 5.66. The average Bonchev–Trinajstić information content (AvgIpc) is 2.28. The van der Waals surface area contributed by atoms with Crippen molar-refractivity contribution >= 4 is 17.3 Å². The van der Waals surface area contributed by atoms with Gasteiger partial charge in [-0.3, -0.25) is 0 Å². The minimum Gasteiger partial charge on any atom is -0.374 e. The third-order valence-corrected chi connectivity index (χ3v) is 3.07. The zero-order valence-corrected chi connectivity index (χ0v) is 12.7. The maximum absolute atomic E-state index is 6.09. The summed E-state index contributed by atoms with van der Waals surface area (Å²) in [5.41, 5.74) is 2.55. The molecule has 0 atom stereocenters. The third-order valence-electron chi connectivity index (χ3n) is 2.83. The topological polar surface area (TPSA) is 15.3 Å². The third kappa shape index (κ3) is 4.87. The first-order chi connectivity index (χ1) is 8.54. The Morgan fingerprint density at radius 2 is 2.06 bits per heavy atom. The molecule has 0 bridgehead atoms.